The maximum absolute atomic E-state index is 6.16. The van der Waals surface area contributed by atoms with Gasteiger partial charge >= 0.3 is 0 Å². The second-order valence-corrected chi connectivity index (χ2v) is 4.67. The van der Waals surface area contributed by atoms with E-state index in [1.807, 2.05) is 7.05 Å². The Morgan fingerprint density at radius 3 is 2.56 bits per heavy atom. The number of nitrogens with one attached hydrogen (secondary N) is 1. The number of hydrogen-bond acceptors (Lipinski definition) is 4. The van der Waals surface area contributed by atoms with Crippen LogP contribution < -0.4 is 11.3 Å². The average Bonchev–Trinajstić information content (AvgIpc) is 2.73. The van der Waals surface area contributed by atoms with Gasteiger partial charge in [0.1, 0.15) is 12.2 Å². The van der Waals surface area contributed by atoms with Crippen molar-refractivity contribution in [2.45, 2.75) is 12.5 Å². The molecule has 18 heavy (non-hydrogen) atoms. The molecular formula is C11H13Cl2N5. The molecule has 0 saturated heterocycles. The number of halogens is 2. The summed E-state index contributed by atoms with van der Waals surface area (Å²) in [4.78, 5) is 4.16. The van der Waals surface area contributed by atoms with Gasteiger partial charge in [0.2, 0.25) is 0 Å². The van der Waals surface area contributed by atoms with Crippen LogP contribution in [0.15, 0.2) is 24.5 Å². The van der Waals surface area contributed by atoms with Crippen LogP contribution in [0, 0.1) is 0 Å². The van der Waals surface area contributed by atoms with E-state index in [1.54, 1.807) is 22.9 Å². The highest BCUT2D eigenvalue weighted by Crippen LogP contribution is 2.31. The maximum Gasteiger partial charge on any atom is 0.138 e. The second kappa shape index (κ2) is 5.67. The van der Waals surface area contributed by atoms with Crippen LogP contribution in [0.1, 0.15) is 17.4 Å². The van der Waals surface area contributed by atoms with Gasteiger partial charge in [-0.05, 0) is 12.1 Å². The minimum absolute atomic E-state index is 0.214. The minimum Gasteiger partial charge on any atom is -0.271 e. The normalized spacial score (nSPS) is 12.7. The van der Waals surface area contributed by atoms with Crippen LogP contribution in [0.4, 0.5) is 0 Å². The lowest BCUT2D eigenvalue weighted by molar-refractivity contribution is 0.523. The van der Waals surface area contributed by atoms with Crippen LogP contribution >= 0.6 is 23.2 Å². The first kappa shape index (κ1) is 13.3. The first-order valence-electron chi connectivity index (χ1n) is 5.36. The molecule has 3 N–H and O–H groups in total. The van der Waals surface area contributed by atoms with Gasteiger partial charge in [-0.15, -0.1) is 0 Å². The van der Waals surface area contributed by atoms with Gasteiger partial charge in [-0.25, -0.2) is 4.98 Å². The van der Waals surface area contributed by atoms with Crippen LogP contribution in [0.2, 0.25) is 10.0 Å². The molecule has 1 unspecified atom stereocenters. The van der Waals surface area contributed by atoms with Gasteiger partial charge in [-0.2, -0.15) is 5.10 Å². The molecule has 0 aliphatic heterocycles. The van der Waals surface area contributed by atoms with E-state index in [0.29, 0.717) is 16.5 Å². The molecule has 1 heterocycles. The average molecular weight is 286 g/mol. The Kier molecular flexibility index (Phi) is 4.19. The molecule has 0 fully saturated rings. The molecule has 5 nitrogen and oxygen atoms in total. The lowest BCUT2D eigenvalue weighted by Gasteiger charge is -2.18. The molecule has 2 aromatic rings. The van der Waals surface area contributed by atoms with Gasteiger partial charge in [0.05, 0.1) is 6.04 Å². The summed E-state index contributed by atoms with van der Waals surface area (Å²) in [5, 5.41) is 5.17. The first-order chi connectivity index (χ1) is 8.63. The summed E-state index contributed by atoms with van der Waals surface area (Å²) in [6.07, 6.45) is 2.05. The van der Waals surface area contributed by atoms with Crippen LogP contribution in [0.3, 0.4) is 0 Å². The Morgan fingerprint density at radius 1 is 1.39 bits per heavy atom. The van der Waals surface area contributed by atoms with Crippen molar-refractivity contribution in [3.8, 4) is 0 Å². The SMILES string of the molecule is Cn1ncnc1CC(NN)c1c(Cl)cccc1Cl. The van der Waals surface area contributed by atoms with E-state index < -0.39 is 0 Å². The lowest BCUT2D eigenvalue weighted by atomic mass is 10.0. The van der Waals surface area contributed by atoms with Crippen LogP contribution in [0.25, 0.3) is 0 Å². The van der Waals surface area contributed by atoms with Crippen LogP contribution in [-0.4, -0.2) is 14.8 Å². The summed E-state index contributed by atoms with van der Waals surface area (Å²) in [6.45, 7) is 0. The van der Waals surface area contributed by atoms with Crippen molar-refractivity contribution in [3.63, 3.8) is 0 Å². The third kappa shape index (κ3) is 2.64. The van der Waals surface area contributed by atoms with E-state index in [9.17, 15) is 0 Å². The van der Waals surface area contributed by atoms with Crippen LogP contribution in [0.5, 0.6) is 0 Å². The molecule has 0 aliphatic carbocycles. The fraction of sp³-hybridized carbons (Fsp3) is 0.273. The third-order valence-electron chi connectivity index (χ3n) is 2.74. The van der Waals surface area contributed by atoms with Crippen molar-refractivity contribution in [1.29, 1.82) is 0 Å². The Balaban J connectivity index is 2.32. The minimum atomic E-state index is -0.214. The molecule has 0 amide bonds. The largest absolute Gasteiger partial charge is 0.271 e. The van der Waals surface area contributed by atoms with Crippen molar-refractivity contribution in [1.82, 2.24) is 20.2 Å². The van der Waals surface area contributed by atoms with Gasteiger partial charge in [0.25, 0.3) is 0 Å². The van der Waals surface area contributed by atoms with E-state index in [4.69, 9.17) is 29.0 Å². The number of hydrazine groups is 1. The lowest BCUT2D eigenvalue weighted by Crippen LogP contribution is -2.30. The molecule has 0 radical (unpaired) electrons. The molecule has 1 aromatic heterocycles. The molecule has 0 bridgehead atoms. The quantitative estimate of drug-likeness (QED) is 0.665. The number of nitrogens with two attached hydrogens (primary N) is 1. The molecule has 1 aromatic carbocycles. The third-order valence-corrected chi connectivity index (χ3v) is 3.40. The predicted octanol–water partition coefficient (Wildman–Crippen LogP) is 1.87. The molecule has 0 spiro atoms. The number of aromatic nitrogens is 3. The Morgan fingerprint density at radius 2 is 2.06 bits per heavy atom. The zero-order valence-electron chi connectivity index (χ0n) is 9.77. The fourth-order valence-corrected chi connectivity index (χ4v) is 2.44. The number of benzene rings is 1. The van der Waals surface area contributed by atoms with Crippen molar-refractivity contribution in [2.75, 3.05) is 0 Å². The van der Waals surface area contributed by atoms with Crippen molar-refractivity contribution in [2.24, 2.45) is 12.9 Å². The topological polar surface area (TPSA) is 68.8 Å². The number of hydrogen-bond donors (Lipinski definition) is 2. The number of rotatable bonds is 4. The van der Waals surface area contributed by atoms with Crippen molar-refractivity contribution in [3.05, 3.63) is 46.0 Å². The smallest absolute Gasteiger partial charge is 0.138 e. The molecule has 7 heteroatoms. The summed E-state index contributed by atoms with van der Waals surface area (Å²) in [7, 11) is 1.82. The van der Waals surface area contributed by atoms with Gasteiger partial charge in [0.15, 0.2) is 0 Å². The van der Waals surface area contributed by atoms with E-state index >= 15 is 0 Å². The molecule has 0 saturated carbocycles. The summed E-state index contributed by atoms with van der Waals surface area (Å²) in [5.74, 6) is 6.38. The van der Waals surface area contributed by atoms with E-state index in [0.717, 1.165) is 11.4 Å². The maximum atomic E-state index is 6.16. The predicted molar refractivity (Wildman–Crippen MR) is 71.2 cm³/mol. The number of nitrogens with zero attached hydrogens (tertiary/aromatic N) is 3. The highest BCUT2D eigenvalue weighted by molar-refractivity contribution is 6.36. The van der Waals surface area contributed by atoms with Gasteiger partial charge < -0.3 is 0 Å². The molecule has 2 rings (SSSR count). The Hall–Kier alpha value is -1.14. The molecule has 0 aliphatic rings. The highest BCUT2D eigenvalue weighted by atomic mass is 35.5. The van der Waals surface area contributed by atoms with Gasteiger partial charge in [-0.1, -0.05) is 29.3 Å². The van der Waals surface area contributed by atoms with Crippen molar-refractivity contribution >= 4 is 23.2 Å². The summed E-state index contributed by atoms with van der Waals surface area (Å²) < 4.78 is 1.69. The highest BCUT2D eigenvalue weighted by Gasteiger charge is 2.19. The Bertz CT molecular complexity index is 520. The zero-order valence-corrected chi connectivity index (χ0v) is 11.3. The summed E-state index contributed by atoms with van der Waals surface area (Å²) in [6, 6.07) is 5.14. The standard InChI is InChI=1S/C11H13Cl2N5/c1-18-10(15-6-16-18)5-9(17-14)11-7(12)3-2-4-8(11)13/h2-4,6,9,17H,5,14H2,1H3. The molecule has 96 valence electrons. The van der Waals surface area contributed by atoms with Crippen molar-refractivity contribution < 1.29 is 0 Å². The van der Waals surface area contributed by atoms with Gasteiger partial charge in [-0.3, -0.25) is 16.0 Å². The summed E-state index contributed by atoms with van der Waals surface area (Å²) in [5.41, 5.74) is 3.49. The second-order valence-electron chi connectivity index (χ2n) is 3.86. The zero-order chi connectivity index (χ0) is 13.1. The van der Waals surface area contributed by atoms with E-state index in [-0.39, 0.29) is 6.04 Å². The Labute approximate surface area is 115 Å². The van der Waals surface area contributed by atoms with Crippen LogP contribution in [-0.2, 0) is 13.5 Å². The van der Waals surface area contributed by atoms with Gasteiger partial charge in [0, 0.05) is 29.1 Å². The summed E-state index contributed by atoms with van der Waals surface area (Å²) >= 11 is 12.3. The number of aryl methyl sites for hydroxylation is 1. The monoisotopic (exact) mass is 285 g/mol. The molecule has 1 atom stereocenters. The first-order valence-corrected chi connectivity index (χ1v) is 6.12. The molecular weight excluding hydrogens is 273 g/mol. The van der Waals surface area contributed by atoms with E-state index in [1.165, 1.54) is 6.33 Å². The van der Waals surface area contributed by atoms with E-state index in [2.05, 4.69) is 15.5 Å². The fourth-order valence-electron chi connectivity index (χ4n) is 1.78.